The normalized spacial score (nSPS) is 13.2. The zero-order valence-corrected chi connectivity index (χ0v) is 9.55. The minimum atomic E-state index is -0.0577. The number of benzene rings is 2. The van der Waals surface area contributed by atoms with Gasteiger partial charge in [-0.25, -0.2) is 0 Å². The molecule has 2 N–H and O–H groups in total. The van der Waals surface area contributed by atoms with Crippen LogP contribution in [0.3, 0.4) is 0 Å². The molecule has 4 heteroatoms. The fraction of sp³-hybridized carbons (Fsp3) is 0.0714. The summed E-state index contributed by atoms with van der Waals surface area (Å²) < 4.78 is 0. The van der Waals surface area contributed by atoms with E-state index in [-0.39, 0.29) is 11.3 Å². The van der Waals surface area contributed by atoms with Crippen LogP contribution in [0.15, 0.2) is 48.5 Å². The number of hydrogen-bond acceptors (Lipinski definition) is 3. The Labute approximate surface area is 104 Å². The topological polar surface area (TPSA) is 67.0 Å². The molecule has 92 valence electrons. The van der Waals surface area contributed by atoms with Gasteiger partial charge in [-0.2, -0.15) is 4.89 Å². The van der Waals surface area contributed by atoms with E-state index in [1.807, 2.05) is 30.3 Å². The molecule has 2 aromatic carbocycles. The van der Waals surface area contributed by atoms with Crippen LogP contribution in [0.1, 0.15) is 21.5 Å². The molecule has 4 nitrogen and oxygen atoms in total. The number of rotatable bonds is 0. The minimum absolute atomic E-state index is 0. The Morgan fingerprint density at radius 1 is 0.944 bits per heavy atom. The molecule has 4 rings (SSSR count). The summed E-state index contributed by atoms with van der Waals surface area (Å²) in [6, 6.07) is 14.4. The van der Waals surface area contributed by atoms with Gasteiger partial charge in [0.05, 0.1) is 5.56 Å². The third-order valence-electron chi connectivity index (χ3n) is 2.72. The van der Waals surface area contributed by atoms with Gasteiger partial charge in [0.2, 0.25) is 0 Å². The quantitative estimate of drug-likeness (QED) is 0.665. The first-order chi connectivity index (χ1) is 8.34. The lowest BCUT2D eigenvalue weighted by Crippen LogP contribution is -2.08. The molecule has 2 bridgehead atoms. The first-order valence-corrected chi connectivity index (χ1v) is 5.37. The maximum Gasteiger partial charge on any atom is 0.196 e. The predicted molar refractivity (Wildman–Crippen MR) is 65.3 cm³/mol. The third-order valence-corrected chi connectivity index (χ3v) is 2.72. The van der Waals surface area contributed by atoms with Gasteiger partial charge in [-0.15, -0.1) is 0 Å². The summed E-state index contributed by atoms with van der Waals surface area (Å²) in [7, 11) is 0. The highest BCUT2D eigenvalue weighted by molar-refractivity contribution is 6.10. The lowest BCUT2D eigenvalue weighted by Gasteiger charge is -2.12. The molecule has 0 spiro atoms. The highest BCUT2D eigenvalue weighted by Crippen LogP contribution is 2.23. The molecule has 0 saturated carbocycles. The molecule has 2 heterocycles. The van der Waals surface area contributed by atoms with Crippen LogP contribution in [0.2, 0.25) is 0 Å². The Kier molecular flexibility index (Phi) is 3.41. The maximum atomic E-state index is 12.2. The number of para-hydroxylation sites is 1. The predicted octanol–water partition coefficient (Wildman–Crippen LogP) is 1.92. The summed E-state index contributed by atoms with van der Waals surface area (Å²) in [4.78, 5) is 22.5. The van der Waals surface area contributed by atoms with Crippen molar-refractivity contribution < 1.29 is 20.0 Å². The van der Waals surface area contributed by atoms with Crippen LogP contribution in [0, 0.1) is 0 Å². The van der Waals surface area contributed by atoms with Gasteiger partial charge in [0, 0.05) is 5.56 Å². The zero-order valence-electron chi connectivity index (χ0n) is 9.55. The SMILES string of the molecule is O.O=C1c2ccc(cc2)COOc2ccccc21. The summed E-state index contributed by atoms with van der Waals surface area (Å²) >= 11 is 0. The van der Waals surface area contributed by atoms with E-state index < -0.39 is 0 Å². The summed E-state index contributed by atoms with van der Waals surface area (Å²) in [6.07, 6.45) is 0. The van der Waals surface area contributed by atoms with Crippen LogP contribution in [0.5, 0.6) is 5.75 Å². The molecule has 0 aliphatic carbocycles. The lowest BCUT2D eigenvalue weighted by molar-refractivity contribution is -0.217. The van der Waals surface area contributed by atoms with Crippen molar-refractivity contribution in [3.63, 3.8) is 0 Å². The van der Waals surface area contributed by atoms with Crippen molar-refractivity contribution in [2.24, 2.45) is 0 Å². The standard InChI is InChI=1S/C14H10O3.H2O/c15-14-11-7-5-10(6-8-11)9-16-17-13-4-2-1-3-12(13)14;/h1-8H,9H2;1H2. The molecule has 18 heavy (non-hydrogen) atoms. The fourth-order valence-electron chi connectivity index (χ4n) is 1.80. The van der Waals surface area contributed by atoms with E-state index in [2.05, 4.69) is 0 Å². The highest BCUT2D eigenvalue weighted by Gasteiger charge is 2.16. The Morgan fingerprint density at radius 3 is 2.44 bits per heavy atom. The molecule has 0 amide bonds. The first-order valence-electron chi connectivity index (χ1n) is 5.37. The number of ketones is 1. The molecule has 0 aromatic heterocycles. The molecule has 2 aliphatic rings. The van der Waals surface area contributed by atoms with Gasteiger partial charge < -0.3 is 10.4 Å². The zero-order chi connectivity index (χ0) is 11.7. The largest absolute Gasteiger partial charge is 0.412 e. The van der Waals surface area contributed by atoms with E-state index in [1.165, 1.54) is 0 Å². The van der Waals surface area contributed by atoms with Crippen LogP contribution >= 0.6 is 0 Å². The molecular formula is C14H12O4. The van der Waals surface area contributed by atoms with Crippen molar-refractivity contribution in [3.05, 3.63) is 65.2 Å². The van der Waals surface area contributed by atoms with Crippen molar-refractivity contribution in [3.8, 4) is 5.75 Å². The average molecular weight is 244 g/mol. The van der Waals surface area contributed by atoms with Crippen molar-refractivity contribution in [1.82, 2.24) is 0 Å². The lowest BCUT2D eigenvalue weighted by atomic mass is 10.0. The summed E-state index contributed by atoms with van der Waals surface area (Å²) in [5.74, 6) is 0.401. The summed E-state index contributed by atoms with van der Waals surface area (Å²) in [6.45, 7) is 0.364. The molecule has 0 saturated heterocycles. The number of fused-ring (bicyclic) bond motifs is 4. The van der Waals surface area contributed by atoms with Crippen molar-refractivity contribution in [1.29, 1.82) is 0 Å². The second-order valence-electron chi connectivity index (χ2n) is 3.87. The van der Waals surface area contributed by atoms with Gasteiger partial charge >= 0.3 is 0 Å². The molecule has 2 aliphatic heterocycles. The van der Waals surface area contributed by atoms with Gasteiger partial charge in [0.1, 0.15) is 6.61 Å². The van der Waals surface area contributed by atoms with Crippen LogP contribution in [-0.4, -0.2) is 11.3 Å². The Bertz CT molecular complexity index is 560. The van der Waals surface area contributed by atoms with Crippen LogP contribution < -0.4 is 4.89 Å². The third kappa shape index (κ3) is 2.11. The van der Waals surface area contributed by atoms with Gasteiger partial charge in [-0.3, -0.25) is 4.79 Å². The minimum Gasteiger partial charge on any atom is -0.412 e. The van der Waals surface area contributed by atoms with Crippen LogP contribution in [-0.2, 0) is 11.5 Å². The maximum absolute atomic E-state index is 12.2. The Morgan fingerprint density at radius 2 is 1.67 bits per heavy atom. The highest BCUT2D eigenvalue weighted by atomic mass is 17.2. The molecule has 0 unspecified atom stereocenters. The second-order valence-corrected chi connectivity index (χ2v) is 3.87. The monoisotopic (exact) mass is 244 g/mol. The molecule has 0 radical (unpaired) electrons. The molecule has 0 atom stereocenters. The molecule has 2 aromatic rings. The Balaban J connectivity index is 0.00000120. The second kappa shape index (κ2) is 5.00. The fourth-order valence-corrected chi connectivity index (χ4v) is 1.80. The summed E-state index contributed by atoms with van der Waals surface area (Å²) in [5.41, 5.74) is 2.15. The van der Waals surface area contributed by atoms with Crippen LogP contribution in [0.4, 0.5) is 0 Å². The van der Waals surface area contributed by atoms with Gasteiger partial charge in [0.15, 0.2) is 11.5 Å². The van der Waals surface area contributed by atoms with E-state index in [1.54, 1.807) is 18.2 Å². The molecular weight excluding hydrogens is 232 g/mol. The van der Waals surface area contributed by atoms with E-state index in [0.717, 1.165) is 5.56 Å². The Hall–Kier alpha value is -2.17. The first kappa shape index (κ1) is 12.3. The van der Waals surface area contributed by atoms with Gasteiger partial charge in [0.25, 0.3) is 0 Å². The van der Waals surface area contributed by atoms with Crippen molar-refractivity contribution >= 4 is 5.78 Å². The average Bonchev–Trinajstić information content (AvgIpc) is 2.39. The van der Waals surface area contributed by atoms with E-state index >= 15 is 0 Å². The van der Waals surface area contributed by atoms with E-state index in [9.17, 15) is 4.79 Å². The molecule has 0 fully saturated rings. The number of hydrogen-bond donors (Lipinski definition) is 0. The van der Waals surface area contributed by atoms with Crippen molar-refractivity contribution in [2.45, 2.75) is 6.61 Å². The number of carbonyl (C=O) groups is 1. The number of carbonyl (C=O) groups excluding carboxylic acids is 1. The summed E-state index contributed by atoms with van der Waals surface area (Å²) in [5, 5.41) is 0. The van der Waals surface area contributed by atoms with Crippen molar-refractivity contribution in [2.75, 3.05) is 0 Å². The smallest absolute Gasteiger partial charge is 0.196 e. The van der Waals surface area contributed by atoms with E-state index in [4.69, 9.17) is 9.78 Å². The van der Waals surface area contributed by atoms with E-state index in [0.29, 0.717) is 23.5 Å². The van der Waals surface area contributed by atoms with Crippen LogP contribution in [0.25, 0.3) is 0 Å². The van der Waals surface area contributed by atoms with Gasteiger partial charge in [-0.05, 0) is 17.7 Å². The van der Waals surface area contributed by atoms with Gasteiger partial charge in [-0.1, -0.05) is 36.4 Å².